The van der Waals surface area contributed by atoms with Gasteiger partial charge in [-0.05, 0) is 50.3 Å². The van der Waals surface area contributed by atoms with Crippen LogP contribution in [-0.2, 0) is 6.54 Å². The highest BCUT2D eigenvalue weighted by atomic mass is 16.2. The lowest BCUT2D eigenvalue weighted by Gasteiger charge is -2.29. The van der Waals surface area contributed by atoms with Gasteiger partial charge in [0.2, 0.25) is 0 Å². The predicted octanol–water partition coefficient (Wildman–Crippen LogP) is 2.52. The molecule has 25 heavy (non-hydrogen) atoms. The van der Waals surface area contributed by atoms with E-state index < -0.39 is 0 Å². The van der Waals surface area contributed by atoms with Crippen LogP contribution in [0, 0.1) is 5.92 Å². The molecule has 1 N–H and O–H groups in total. The summed E-state index contributed by atoms with van der Waals surface area (Å²) in [6, 6.07) is 9.54. The standard InChI is InChI=1S/C20H30N4O/c1-15-12-22(2)19-6-4-3-5-17(19)14-24(15)20(25)21-11-16-9-10-23(13-16)18-7-8-18/h3-6,15-16,18H,7-14H2,1-2H3,(H,21,25)/t15-,16+/m1/s1. The number of urea groups is 1. The summed E-state index contributed by atoms with van der Waals surface area (Å²) in [5.74, 6) is 0.613. The van der Waals surface area contributed by atoms with Crippen molar-refractivity contribution in [1.29, 1.82) is 0 Å². The van der Waals surface area contributed by atoms with Crippen LogP contribution in [0.1, 0.15) is 31.7 Å². The zero-order valence-corrected chi connectivity index (χ0v) is 15.4. The van der Waals surface area contributed by atoms with Gasteiger partial charge in [0.25, 0.3) is 0 Å². The summed E-state index contributed by atoms with van der Waals surface area (Å²) in [5, 5.41) is 3.22. The number of fused-ring (bicyclic) bond motifs is 1. The average molecular weight is 342 g/mol. The molecule has 136 valence electrons. The summed E-state index contributed by atoms with van der Waals surface area (Å²) < 4.78 is 0. The molecule has 0 unspecified atom stereocenters. The first-order valence-corrected chi connectivity index (χ1v) is 9.69. The number of nitrogens with one attached hydrogen (secondary N) is 1. The van der Waals surface area contributed by atoms with Crippen molar-refractivity contribution >= 4 is 11.7 Å². The number of rotatable bonds is 3. The third-order valence-corrected chi connectivity index (χ3v) is 6.00. The van der Waals surface area contributed by atoms with Crippen LogP contribution >= 0.6 is 0 Å². The quantitative estimate of drug-likeness (QED) is 0.917. The topological polar surface area (TPSA) is 38.8 Å². The van der Waals surface area contributed by atoms with E-state index in [1.165, 1.54) is 37.1 Å². The minimum absolute atomic E-state index is 0.0856. The summed E-state index contributed by atoms with van der Waals surface area (Å²) in [4.78, 5) is 19.7. The van der Waals surface area contributed by atoms with Crippen molar-refractivity contribution in [2.24, 2.45) is 5.92 Å². The average Bonchev–Trinajstić information content (AvgIpc) is 3.37. The summed E-state index contributed by atoms with van der Waals surface area (Å²) >= 11 is 0. The summed E-state index contributed by atoms with van der Waals surface area (Å²) in [5.41, 5.74) is 2.46. The van der Waals surface area contributed by atoms with Crippen LogP contribution in [0.5, 0.6) is 0 Å². The van der Waals surface area contributed by atoms with Crippen molar-refractivity contribution in [1.82, 2.24) is 15.1 Å². The number of carbonyl (C=O) groups is 1. The van der Waals surface area contributed by atoms with Crippen molar-refractivity contribution < 1.29 is 4.79 Å². The van der Waals surface area contributed by atoms with E-state index in [0.29, 0.717) is 12.5 Å². The molecule has 1 aromatic rings. The van der Waals surface area contributed by atoms with Gasteiger partial charge in [-0.15, -0.1) is 0 Å². The Morgan fingerprint density at radius 1 is 1.20 bits per heavy atom. The lowest BCUT2D eigenvalue weighted by Crippen LogP contribution is -2.48. The number of para-hydroxylation sites is 1. The van der Waals surface area contributed by atoms with Gasteiger partial charge < -0.3 is 20.0 Å². The van der Waals surface area contributed by atoms with Gasteiger partial charge >= 0.3 is 6.03 Å². The highest BCUT2D eigenvalue weighted by Gasteiger charge is 2.34. The Hall–Kier alpha value is -1.75. The summed E-state index contributed by atoms with van der Waals surface area (Å²) in [7, 11) is 2.11. The molecule has 0 spiro atoms. The number of likely N-dealkylation sites (N-methyl/N-ethyl adjacent to an activating group) is 1. The van der Waals surface area contributed by atoms with Crippen molar-refractivity contribution in [3.8, 4) is 0 Å². The third-order valence-electron chi connectivity index (χ3n) is 6.00. The van der Waals surface area contributed by atoms with Crippen LogP contribution in [0.15, 0.2) is 24.3 Å². The van der Waals surface area contributed by atoms with Gasteiger partial charge in [0.05, 0.1) is 0 Å². The SMILES string of the molecule is C[C@@H]1CN(C)c2ccccc2CN1C(=O)NC[C@@H]1CCN(C2CC2)C1. The zero-order valence-electron chi connectivity index (χ0n) is 15.4. The fourth-order valence-corrected chi connectivity index (χ4v) is 4.36. The van der Waals surface area contributed by atoms with Crippen LogP contribution in [-0.4, -0.2) is 61.1 Å². The molecular formula is C20H30N4O. The normalized spacial score (nSPS) is 27.1. The largest absolute Gasteiger partial charge is 0.372 e. The minimum atomic E-state index is 0.0856. The van der Waals surface area contributed by atoms with E-state index in [4.69, 9.17) is 0 Å². The molecular weight excluding hydrogens is 312 g/mol. The first-order valence-electron chi connectivity index (χ1n) is 9.69. The molecule has 2 aliphatic heterocycles. The smallest absolute Gasteiger partial charge is 0.318 e. The maximum absolute atomic E-state index is 12.8. The van der Waals surface area contributed by atoms with Gasteiger partial charge in [-0.1, -0.05) is 18.2 Å². The molecule has 1 aliphatic carbocycles. The van der Waals surface area contributed by atoms with Crippen LogP contribution in [0.25, 0.3) is 0 Å². The molecule has 5 heteroatoms. The molecule has 0 radical (unpaired) electrons. The highest BCUT2D eigenvalue weighted by molar-refractivity contribution is 5.75. The molecule has 2 heterocycles. The van der Waals surface area contributed by atoms with Gasteiger partial charge in [0, 0.05) is 51.0 Å². The molecule has 0 bridgehead atoms. The van der Waals surface area contributed by atoms with E-state index in [1.54, 1.807) is 0 Å². The molecule has 1 saturated carbocycles. The Kier molecular flexibility index (Phi) is 4.59. The fraction of sp³-hybridized carbons (Fsp3) is 0.650. The van der Waals surface area contributed by atoms with E-state index in [-0.39, 0.29) is 12.1 Å². The predicted molar refractivity (Wildman–Crippen MR) is 101 cm³/mol. The Balaban J connectivity index is 1.36. The van der Waals surface area contributed by atoms with E-state index >= 15 is 0 Å². The van der Waals surface area contributed by atoms with Gasteiger partial charge in [-0.25, -0.2) is 4.79 Å². The first kappa shape index (κ1) is 16.7. The number of anilines is 1. The number of carbonyl (C=O) groups excluding carboxylic acids is 1. The van der Waals surface area contributed by atoms with Gasteiger partial charge in [-0.3, -0.25) is 0 Å². The van der Waals surface area contributed by atoms with Crippen molar-refractivity contribution in [2.75, 3.05) is 38.1 Å². The Morgan fingerprint density at radius 2 is 2.00 bits per heavy atom. The second kappa shape index (κ2) is 6.87. The van der Waals surface area contributed by atoms with Crippen LogP contribution in [0.2, 0.25) is 0 Å². The van der Waals surface area contributed by atoms with E-state index in [9.17, 15) is 4.79 Å². The number of nitrogens with zero attached hydrogens (tertiary/aromatic N) is 3. The van der Waals surface area contributed by atoms with E-state index in [0.717, 1.165) is 25.7 Å². The maximum Gasteiger partial charge on any atom is 0.318 e. The van der Waals surface area contributed by atoms with Crippen molar-refractivity contribution in [2.45, 2.75) is 44.8 Å². The highest BCUT2D eigenvalue weighted by Crippen LogP contribution is 2.31. The van der Waals surface area contributed by atoms with Gasteiger partial charge in [0.15, 0.2) is 0 Å². The number of benzene rings is 1. The van der Waals surface area contributed by atoms with Gasteiger partial charge in [0.1, 0.15) is 0 Å². The number of amides is 2. The summed E-state index contributed by atoms with van der Waals surface area (Å²) in [6.07, 6.45) is 3.96. The third kappa shape index (κ3) is 3.61. The first-order chi connectivity index (χ1) is 12.1. The number of hydrogen-bond acceptors (Lipinski definition) is 3. The second-order valence-corrected chi connectivity index (χ2v) is 8.05. The lowest BCUT2D eigenvalue weighted by molar-refractivity contribution is 0.176. The molecule has 1 saturated heterocycles. The molecule has 3 aliphatic rings. The Morgan fingerprint density at radius 3 is 2.80 bits per heavy atom. The molecule has 4 rings (SSSR count). The van der Waals surface area contributed by atoms with Crippen molar-refractivity contribution in [3.05, 3.63) is 29.8 Å². The second-order valence-electron chi connectivity index (χ2n) is 8.05. The maximum atomic E-state index is 12.8. The van der Waals surface area contributed by atoms with E-state index in [2.05, 4.69) is 53.4 Å². The van der Waals surface area contributed by atoms with Gasteiger partial charge in [-0.2, -0.15) is 0 Å². The Labute approximate surface area is 151 Å². The lowest BCUT2D eigenvalue weighted by atomic mass is 10.1. The monoisotopic (exact) mass is 342 g/mol. The molecule has 2 fully saturated rings. The molecule has 0 aromatic heterocycles. The molecule has 2 amide bonds. The number of hydrogen-bond donors (Lipinski definition) is 1. The van der Waals surface area contributed by atoms with Crippen molar-refractivity contribution in [3.63, 3.8) is 0 Å². The molecule has 1 aromatic carbocycles. The number of likely N-dealkylation sites (tertiary alicyclic amines) is 1. The van der Waals surface area contributed by atoms with Crippen LogP contribution in [0.3, 0.4) is 0 Å². The Bertz CT molecular complexity index is 630. The fourth-order valence-electron chi connectivity index (χ4n) is 4.36. The van der Waals surface area contributed by atoms with E-state index in [1.807, 2.05) is 4.90 Å². The zero-order chi connectivity index (χ0) is 17.4. The summed E-state index contributed by atoms with van der Waals surface area (Å²) in [6.45, 7) is 6.88. The molecule has 2 atom stereocenters. The molecule has 5 nitrogen and oxygen atoms in total. The van der Waals surface area contributed by atoms with Crippen LogP contribution < -0.4 is 10.2 Å². The minimum Gasteiger partial charge on any atom is -0.372 e. The van der Waals surface area contributed by atoms with Crippen LogP contribution in [0.4, 0.5) is 10.5 Å².